The Balaban J connectivity index is 2.10. The van der Waals surface area contributed by atoms with E-state index in [4.69, 9.17) is 23.2 Å². The van der Waals surface area contributed by atoms with Crippen molar-refractivity contribution in [1.29, 1.82) is 0 Å². The largest absolute Gasteiger partial charge is 0.352 e. The second-order valence-electron chi connectivity index (χ2n) is 10.4. The SMILES string of the molecule is CC[C@H](C)NC(=O)[C@@H](C)N(Cc1c(Cl)cccc1Cl)C(=O)CN(c1cc(C)cc(C)c1)S(=O)(=O)c1ccc(C)cc1. The number of carbonyl (C=O) groups is 2. The van der Waals surface area contributed by atoms with E-state index >= 15 is 0 Å². The van der Waals surface area contributed by atoms with Crippen LogP contribution in [-0.2, 0) is 26.2 Å². The monoisotopic (exact) mass is 617 g/mol. The maximum atomic E-state index is 14.1. The van der Waals surface area contributed by atoms with Gasteiger partial charge in [0.2, 0.25) is 11.8 Å². The summed E-state index contributed by atoms with van der Waals surface area (Å²) in [6.45, 7) is 10.4. The third-order valence-corrected chi connectivity index (χ3v) is 9.44. The minimum atomic E-state index is -4.16. The Morgan fingerprint density at radius 1 is 0.878 bits per heavy atom. The molecule has 2 atom stereocenters. The molecule has 1 N–H and O–H groups in total. The second kappa shape index (κ2) is 13.7. The molecule has 3 aromatic rings. The molecule has 41 heavy (non-hydrogen) atoms. The molecule has 7 nitrogen and oxygen atoms in total. The van der Waals surface area contributed by atoms with Crippen LogP contribution >= 0.6 is 23.2 Å². The number of hydrogen-bond acceptors (Lipinski definition) is 4. The zero-order valence-electron chi connectivity index (χ0n) is 24.2. The molecule has 220 valence electrons. The molecular weight excluding hydrogens is 581 g/mol. The first kappa shape index (κ1) is 32.4. The molecule has 0 aromatic heterocycles. The van der Waals surface area contributed by atoms with Crippen molar-refractivity contribution in [2.24, 2.45) is 0 Å². The molecule has 0 heterocycles. The number of hydrogen-bond donors (Lipinski definition) is 1. The molecule has 0 aliphatic carbocycles. The zero-order valence-corrected chi connectivity index (χ0v) is 26.6. The lowest BCUT2D eigenvalue weighted by molar-refractivity contribution is -0.139. The lowest BCUT2D eigenvalue weighted by Gasteiger charge is -2.33. The average molecular weight is 619 g/mol. The van der Waals surface area contributed by atoms with Crippen LogP contribution in [0.25, 0.3) is 0 Å². The molecular formula is C31H37Cl2N3O4S. The van der Waals surface area contributed by atoms with Gasteiger partial charge in [-0.2, -0.15) is 0 Å². The molecule has 3 rings (SSSR count). The van der Waals surface area contributed by atoms with E-state index in [1.165, 1.54) is 17.0 Å². The van der Waals surface area contributed by atoms with Gasteiger partial charge in [-0.1, -0.05) is 60.0 Å². The molecule has 3 aromatic carbocycles. The van der Waals surface area contributed by atoms with Gasteiger partial charge in [0, 0.05) is 28.2 Å². The third-order valence-electron chi connectivity index (χ3n) is 6.94. The smallest absolute Gasteiger partial charge is 0.264 e. The molecule has 0 saturated carbocycles. The van der Waals surface area contributed by atoms with Gasteiger partial charge in [0.15, 0.2) is 0 Å². The van der Waals surface area contributed by atoms with Gasteiger partial charge >= 0.3 is 0 Å². The van der Waals surface area contributed by atoms with Gasteiger partial charge < -0.3 is 10.2 Å². The highest BCUT2D eigenvalue weighted by atomic mass is 35.5. The summed E-state index contributed by atoms with van der Waals surface area (Å²) in [5, 5.41) is 3.58. The second-order valence-corrected chi connectivity index (χ2v) is 13.1. The van der Waals surface area contributed by atoms with E-state index in [1.54, 1.807) is 49.4 Å². The van der Waals surface area contributed by atoms with E-state index in [1.807, 2.05) is 40.7 Å². The molecule has 2 amide bonds. The maximum absolute atomic E-state index is 14.1. The minimum Gasteiger partial charge on any atom is -0.352 e. The summed E-state index contributed by atoms with van der Waals surface area (Å²) < 4.78 is 29.1. The number of rotatable bonds is 11. The van der Waals surface area contributed by atoms with Crippen LogP contribution in [0.5, 0.6) is 0 Å². The zero-order chi connectivity index (χ0) is 30.5. The molecule has 0 saturated heterocycles. The van der Waals surface area contributed by atoms with E-state index in [0.29, 0.717) is 27.7 Å². The number of anilines is 1. The topological polar surface area (TPSA) is 86.8 Å². The van der Waals surface area contributed by atoms with Crippen molar-refractivity contribution in [3.8, 4) is 0 Å². The Morgan fingerprint density at radius 3 is 1.98 bits per heavy atom. The predicted octanol–water partition coefficient (Wildman–Crippen LogP) is 6.45. The normalized spacial score (nSPS) is 12.9. The first-order chi connectivity index (χ1) is 19.2. The van der Waals surface area contributed by atoms with Gasteiger partial charge in [-0.25, -0.2) is 8.42 Å². The van der Waals surface area contributed by atoms with Gasteiger partial charge in [0.25, 0.3) is 10.0 Å². The molecule has 0 aliphatic heterocycles. The molecule has 0 radical (unpaired) electrons. The van der Waals surface area contributed by atoms with Gasteiger partial charge in [0.05, 0.1) is 10.6 Å². The minimum absolute atomic E-state index is 0.0540. The highest BCUT2D eigenvalue weighted by Gasteiger charge is 2.33. The van der Waals surface area contributed by atoms with Crippen molar-refractivity contribution in [2.45, 2.75) is 71.5 Å². The van der Waals surface area contributed by atoms with Crippen LogP contribution in [0.4, 0.5) is 5.69 Å². The molecule has 0 fully saturated rings. The quantitative estimate of drug-likeness (QED) is 0.268. The maximum Gasteiger partial charge on any atom is 0.264 e. The summed E-state index contributed by atoms with van der Waals surface area (Å²) in [6, 6.07) is 15.8. The summed E-state index contributed by atoms with van der Waals surface area (Å²) in [4.78, 5) is 28.7. The van der Waals surface area contributed by atoms with Gasteiger partial charge in [-0.15, -0.1) is 0 Å². The van der Waals surface area contributed by atoms with Crippen molar-refractivity contribution in [1.82, 2.24) is 10.2 Å². The highest BCUT2D eigenvalue weighted by molar-refractivity contribution is 7.92. The number of nitrogens with one attached hydrogen (secondary N) is 1. The Labute approximate surface area is 253 Å². The summed E-state index contributed by atoms with van der Waals surface area (Å²) in [6.07, 6.45) is 0.706. The standard InChI is InChI=1S/C31H37Cl2N3O4S/c1-7-23(5)34-31(38)24(6)35(18-27-28(32)9-8-10-29(27)33)30(37)19-36(25-16-21(3)15-22(4)17-25)41(39,40)26-13-11-20(2)12-14-26/h8-17,23-24H,7,18-19H2,1-6H3,(H,34,38)/t23-,24+/m0/s1. The Hall–Kier alpha value is -3.07. The molecule has 10 heteroatoms. The number of amides is 2. The first-order valence-electron chi connectivity index (χ1n) is 13.4. The lowest BCUT2D eigenvalue weighted by Crippen LogP contribution is -2.52. The van der Waals surface area contributed by atoms with Crippen LogP contribution in [0, 0.1) is 20.8 Å². The molecule has 0 aliphatic rings. The summed E-state index contributed by atoms with van der Waals surface area (Å²) in [5.41, 5.74) is 3.41. The number of benzene rings is 3. The average Bonchev–Trinajstić information content (AvgIpc) is 2.90. The summed E-state index contributed by atoms with van der Waals surface area (Å²) in [7, 11) is -4.16. The number of sulfonamides is 1. The van der Waals surface area contributed by atoms with E-state index in [9.17, 15) is 18.0 Å². The van der Waals surface area contributed by atoms with Crippen LogP contribution in [-0.4, -0.2) is 43.8 Å². The van der Waals surface area contributed by atoms with Crippen molar-refractivity contribution < 1.29 is 18.0 Å². The summed E-state index contributed by atoms with van der Waals surface area (Å²) in [5.74, 6) is -0.946. The number of carbonyl (C=O) groups excluding carboxylic acids is 2. The van der Waals surface area contributed by atoms with Crippen LogP contribution in [0.3, 0.4) is 0 Å². The fraction of sp³-hybridized carbons (Fsp3) is 0.355. The fourth-order valence-electron chi connectivity index (χ4n) is 4.36. The predicted molar refractivity (Wildman–Crippen MR) is 166 cm³/mol. The first-order valence-corrected chi connectivity index (χ1v) is 15.6. The Morgan fingerprint density at radius 2 is 1.44 bits per heavy atom. The summed E-state index contributed by atoms with van der Waals surface area (Å²) >= 11 is 12.9. The van der Waals surface area contributed by atoms with Crippen LogP contribution in [0.1, 0.15) is 49.4 Å². The van der Waals surface area contributed by atoms with Gasteiger partial charge in [-0.05, 0) is 88.6 Å². The van der Waals surface area contributed by atoms with Gasteiger partial charge in [-0.3, -0.25) is 13.9 Å². The van der Waals surface area contributed by atoms with E-state index in [2.05, 4.69) is 5.32 Å². The Bertz CT molecular complexity index is 1470. The van der Waals surface area contributed by atoms with Crippen LogP contribution < -0.4 is 9.62 Å². The van der Waals surface area contributed by atoms with Crippen molar-refractivity contribution in [3.05, 3.63) is 93.0 Å². The lowest BCUT2D eigenvalue weighted by atomic mass is 10.1. The molecule has 0 bridgehead atoms. The van der Waals surface area contributed by atoms with E-state index < -0.39 is 28.5 Å². The number of aryl methyl sites for hydroxylation is 3. The highest BCUT2D eigenvalue weighted by Crippen LogP contribution is 2.29. The van der Waals surface area contributed by atoms with Gasteiger partial charge in [0.1, 0.15) is 12.6 Å². The third kappa shape index (κ3) is 8.03. The van der Waals surface area contributed by atoms with E-state index in [-0.39, 0.29) is 23.4 Å². The molecule has 0 unspecified atom stereocenters. The fourth-order valence-corrected chi connectivity index (χ4v) is 6.28. The van der Waals surface area contributed by atoms with Crippen LogP contribution in [0.2, 0.25) is 10.0 Å². The number of nitrogens with zero attached hydrogens (tertiary/aromatic N) is 2. The van der Waals surface area contributed by atoms with Crippen LogP contribution in [0.15, 0.2) is 65.6 Å². The van der Waals surface area contributed by atoms with Crippen molar-refractivity contribution >= 4 is 50.7 Å². The van der Waals surface area contributed by atoms with E-state index in [0.717, 1.165) is 21.0 Å². The Kier molecular flexibility index (Phi) is 10.9. The number of halogens is 2. The van der Waals surface area contributed by atoms with Crippen molar-refractivity contribution in [2.75, 3.05) is 10.8 Å². The molecule has 0 spiro atoms. The van der Waals surface area contributed by atoms with Crippen molar-refractivity contribution in [3.63, 3.8) is 0 Å².